The van der Waals surface area contributed by atoms with Gasteiger partial charge in [0.05, 0.1) is 24.6 Å². The summed E-state index contributed by atoms with van der Waals surface area (Å²) in [5.41, 5.74) is 0.0655. The molecule has 2 aliphatic rings. The van der Waals surface area contributed by atoms with Gasteiger partial charge in [0.2, 0.25) is 0 Å². The molecule has 2 rings (SSSR count). The molecule has 2 aliphatic heterocycles. The monoisotopic (exact) mass is 341 g/mol. The number of nitrogens with zero attached hydrogens (tertiary/aromatic N) is 1. The third-order valence-corrected chi connectivity index (χ3v) is 4.09. The Balaban J connectivity index is 2.19. The molecular formula is C17H27NO6. The predicted molar refractivity (Wildman–Crippen MR) is 85.6 cm³/mol. The number of aliphatic carboxylic acids is 1. The van der Waals surface area contributed by atoms with Crippen molar-refractivity contribution in [2.75, 3.05) is 19.8 Å². The maximum Gasteiger partial charge on any atom is 0.308 e. The second kappa shape index (κ2) is 7.53. The first-order valence-electron chi connectivity index (χ1n) is 8.39. The van der Waals surface area contributed by atoms with Crippen molar-refractivity contribution >= 4 is 11.9 Å². The van der Waals surface area contributed by atoms with E-state index in [4.69, 9.17) is 19.4 Å². The number of carbonyl (C=O) groups is 2. The van der Waals surface area contributed by atoms with Crippen LogP contribution in [0.2, 0.25) is 0 Å². The van der Waals surface area contributed by atoms with Gasteiger partial charge in [-0.25, -0.2) is 5.06 Å². The number of amides is 1. The number of ether oxygens (including phenoxy) is 2. The summed E-state index contributed by atoms with van der Waals surface area (Å²) in [5, 5.41) is 10.2. The zero-order valence-corrected chi connectivity index (χ0v) is 14.8. The molecule has 1 fully saturated rings. The minimum absolute atomic E-state index is 0.000948. The van der Waals surface area contributed by atoms with E-state index in [0.29, 0.717) is 17.9 Å². The van der Waals surface area contributed by atoms with Crippen LogP contribution in [-0.4, -0.2) is 48.1 Å². The third kappa shape index (κ3) is 4.48. The van der Waals surface area contributed by atoms with Crippen molar-refractivity contribution in [1.29, 1.82) is 0 Å². The Morgan fingerprint density at radius 3 is 2.67 bits per heavy atom. The Labute approximate surface area is 142 Å². The summed E-state index contributed by atoms with van der Waals surface area (Å²) in [6.45, 7) is 8.08. The SMILES string of the molecule is CC(CN1OCC(OC2CCCCO2)=C(C(C)(C)C)C1=O)C(=O)O. The van der Waals surface area contributed by atoms with Crippen molar-refractivity contribution in [3.8, 4) is 0 Å². The molecule has 0 aliphatic carbocycles. The van der Waals surface area contributed by atoms with E-state index in [1.807, 2.05) is 20.8 Å². The van der Waals surface area contributed by atoms with Gasteiger partial charge in [0.1, 0.15) is 12.4 Å². The van der Waals surface area contributed by atoms with E-state index < -0.39 is 17.3 Å². The number of rotatable bonds is 5. The van der Waals surface area contributed by atoms with Crippen molar-refractivity contribution < 1.29 is 29.0 Å². The molecule has 2 heterocycles. The maximum atomic E-state index is 12.8. The maximum absolute atomic E-state index is 12.8. The van der Waals surface area contributed by atoms with Gasteiger partial charge in [0, 0.05) is 6.42 Å². The van der Waals surface area contributed by atoms with Crippen molar-refractivity contribution in [3.63, 3.8) is 0 Å². The van der Waals surface area contributed by atoms with Crippen LogP contribution < -0.4 is 0 Å². The quantitative estimate of drug-likeness (QED) is 0.826. The lowest BCUT2D eigenvalue weighted by Gasteiger charge is -2.36. The summed E-state index contributed by atoms with van der Waals surface area (Å²) in [5.74, 6) is -1.53. The van der Waals surface area contributed by atoms with E-state index in [1.165, 1.54) is 0 Å². The first-order chi connectivity index (χ1) is 11.2. The fraction of sp³-hybridized carbons (Fsp3) is 0.765. The minimum atomic E-state index is -0.967. The van der Waals surface area contributed by atoms with Crippen LogP contribution in [0.15, 0.2) is 11.3 Å². The van der Waals surface area contributed by atoms with Gasteiger partial charge in [-0.3, -0.25) is 14.4 Å². The van der Waals surface area contributed by atoms with Crippen LogP contribution in [0.1, 0.15) is 47.0 Å². The van der Waals surface area contributed by atoms with Crippen LogP contribution in [0.4, 0.5) is 0 Å². The zero-order valence-electron chi connectivity index (χ0n) is 14.8. The summed E-state index contributed by atoms with van der Waals surface area (Å²) in [7, 11) is 0. The molecule has 0 aromatic rings. The van der Waals surface area contributed by atoms with Gasteiger partial charge in [-0.2, -0.15) is 0 Å². The van der Waals surface area contributed by atoms with Crippen molar-refractivity contribution in [3.05, 3.63) is 11.3 Å². The minimum Gasteiger partial charge on any atom is -0.481 e. The summed E-state index contributed by atoms with van der Waals surface area (Å²) < 4.78 is 11.5. The van der Waals surface area contributed by atoms with Crippen LogP contribution >= 0.6 is 0 Å². The van der Waals surface area contributed by atoms with Crippen LogP contribution in [-0.2, 0) is 23.9 Å². The molecule has 7 heteroatoms. The molecule has 0 aromatic heterocycles. The highest BCUT2D eigenvalue weighted by Gasteiger charge is 2.38. The summed E-state index contributed by atoms with van der Waals surface area (Å²) in [6, 6.07) is 0. The van der Waals surface area contributed by atoms with E-state index in [1.54, 1.807) is 6.92 Å². The van der Waals surface area contributed by atoms with Gasteiger partial charge in [-0.05, 0) is 18.3 Å². The lowest BCUT2D eigenvalue weighted by atomic mass is 9.84. The Morgan fingerprint density at radius 1 is 1.42 bits per heavy atom. The highest BCUT2D eigenvalue weighted by Crippen LogP contribution is 2.34. The molecule has 24 heavy (non-hydrogen) atoms. The second-order valence-corrected chi connectivity index (χ2v) is 7.34. The highest BCUT2D eigenvalue weighted by atomic mass is 16.7. The van der Waals surface area contributed by atoms with Crippen LogP contribution in [0.3, 0.4) is 0 Å². The molecule has 1 N–H and O–H groups in total. The number of carbonyl (C=O) groups excluding carboxylic acids is 1. The zero-order chi connectivity index (χ0) is 17.9. The van der Waals surface area contributed by atoms with Gasteiger partial charge in [0.15, 0.2) is 6.29 Å². The van der Waals surface area contributed by atoms with Crippen molar-refractivity contribution in [2.24, 2.45) is 11.3 Å². The first kappa shape index (κ1) is 18.7. The average Bonchev–Trinajstić information content (AvgIpc) is 2.49. The Kier molecular flexibility index (Phi) is 5.87. The molecule has 0 spiro atoms. The number of carboxylic acid groups (broad SMARTS) is 1. The van der Waals surface area contributed by atoms with E-state index in [2.05, 4.69) is 0 Å². The van der Waals surface area contributed by atoms with Crippen molar-refractivity contribution in [1.82, 2.24) is 5.06 Å². The molecule has 2 atom stereocenters. The lowest BCUT2D eigenvalue weighted by molar-refractivity contribution is -0.205. The average molecular weight is 341 g/mol. The Morgan fingerprint density at radius 2 is 2.12 bits per heavy atom. The van der Waals surface area contributed by atoms with Gasteiger partial charge in [0.25, 0.3) is 5.91 Å². The highest BCUT2D eigenvalue weighted by molar-refractivity contribution is 5.95. The van der Waals surface area contributed by atoms with E-state index in [-0.39, 0.29) is 25.3 Å². The molecule has 1 saturated heterocycles. The van der Waals surface area contributed by atoms with Gasteiger partial charge in [-0.1, -0.05) is 27.7 Å². The van der Waals surface area contributed by atoms with Crippen LogP contribution in [0.5, 0.6) is 0 Å². The lowest BCUT2D eigenvalue weighted by Crippen LogP contribution is -2.45. The normalized spacial score (nSPS) is 24.1. The molecule has 0 aromatic carbocycles. The largest absolute Gasteiger partial charge is 0.481 e. The van der Waals surface area contributed by atoms with Gasteiger partial charge >= 0.3 is 5.97 Å². The molecule has 2 unspecified atom stereocenters. The van der Waals surface area contributed by atoms with Gasteiger partial charge in [-0.15, -0.1) is 0 Å². The van der Waals surface area contributed by atoms with Gasteiger partial charge < -0.3 is 14.6 Å². The first-order valence-corrected chi connectivity index (χ1v) is 8.39. The smallest absolute Gasteiger partial charge is 0.308 e. The molecule has 0 saturated carbocycles. The van der Waals surface area contributed by atoms with E-state index in [9.17, 15) is 9.59 Å². The molecule has 0 radical (unpaired) electrons. The summed E-state index contributed by atoms with van der Waals surface area (Å²) in [6.07, 6.45) is 2.47. The summed E-state index contributed by atoms with van der Waals surface area (Å²) in [4.78, 5) is 29.3. The van der Waals surface area contributed by atoms with Crippen LogP contribution in [0, 0.1) is 11.3 Å². The Hall–Kier alpha value is -1.60. The molecular weight excluding hydrogens is 314 g/mol. The number of hydrogen-bond acceptors (Lipinski definition) is 5. The predicted octanol–water partition coefficient (Wildman–Crippen LogP) is 2.32. The summed E-state index contributed by atoms with van der Waals surface area (Å²) >= 11 is 0. The number of hydroxylamine groups is 2. The molecule has 1 amide bonds. The topological polar surface area (TPSA) is 85.3 Å². The molecule has 0 bridgehead atoms. The Bertz CT molecular complexity index is 516. The number of hydrogen-bond donors (Lipinski definition) is 1. The molecule has 136 valence electrons. The standard InChI is InChI=1S/C17H27NO6/c1-11(16(20)21)9-18-15(19)14(17(2,3)4)12(10-23-18)24-13-7-5-6-8-22-13/h11,13H,5-10H2,1-4H3,(H,20,21). The fourth-order valence-corrected chi connectivity index (χ4v) is 2.77. The van der Waals surface area contributed by atoms with E-state index >= 15 is 0 Å². The van der Waals surface area contributed by atoms with E-state index in [0.717, 1.165) is 24.3 Å². The fourth-order valence-electron chi connectivity index (χ4n) is 2.77. The third-order valence-electron chi connectivity index (χ3n) is 4.09. The second-order valence-electron chi connectivity index (χ2n) is 7.34. The number of carboxylic acids is 1. The molecule has 7 nitrogen and oxygen atoms in total. The van der Waals surface area contributed by atoms with Crippen molar-refractivity contribution in [2.45, 2.75) is 53.2 Å². The van der Waals surface area contributed by atoms with Crippen LogP contribution in [0.25, 0.3) is 0 Å².